The lowest BCUT2D eigenvalue weighted by atomic mass is 10.1. The summed E-state index contributed by atoms with van der Waals surface area (Å²) >= 11 is 0. The van der Waals surface area contributed by atoms with Gasteiger partial charge >= 0.3 is 6.09 Å². The second-order valence-corrected chi connectivity index (χ2v) is 7.48. The molecule has 27 heavy (non-hydrogen) atoms. The van der Waals surface area contributed by atoms with Crippen molar-refractivity contribution in [2.75, 3.05) is 39.4 Å². The molecule has 0 radical (unpaired) electrons. The van der Waals surface area contributed by atoms with Crippen LogP contribution in [0.1, 0.15) is 27.2 Å². The molecule has 4 amide bonds. The molecule has 1 fully saturated rings. The first-order chi connectivity index (χ1) is 12.7. The van der Waals surface area contributed by atoms with Crippen LogP contribution in [0.5, 0.6) is 0 Å². The highest BCUT2D eigenvalue weighted by Crippen LogP contribution is 2.19. The number of carbonyl (C=O) groups excluding carboxylic acids is 4. The Morgan fingerprint density at radius 1 is 1.19 bits per heavy atom. The zero-order chi connectivity index (χ0) is 20.0. The molecule has 1 saturated heterocycles. The third kappa shape index (κ3) is 6.35. The summed E-state index contributed by atoms with van der Waals surface area (Å²) < 4.78 is 10.7. The average Bonchev–Trinajstić information content (AvgIpc) is 3.18. The standard InChI is InChI=1S/C18H27N3O6/c1-18(2,3)27-17(25)20-8-6-13(12-20)16(24)19-7-10-26-11-9-21-14(22)4-5-15(21)23/h4-5,13H,6-12H2,1-3H3,(H,19,24). The molecule has 1 atom stereocenters. The zero-order valence-corrected chi connectivity index (χ0v) is 16.0. The molecule has 1 N–H and O–H groups in total. The minimum Gasteiger partial charge on any atom is -0.444 e. The molecule has 1 unspecified atom stereocenters. The van der Waals surface area contributed by atoms with Crippen molar-refractivity contribution < 1.29 is 28.7 Å². The molecule has 2 rings (SSSR count). The van der Waals surface area contributed by atoms with Gasteiger partial charge in [-0.1, -0.05) is 0 Å². The normalized spacial score (nSPS) is 19.7. The SMILES string of the molecule is CC(C)(C)OC(=O)N1CCC(C(=O)NCCOCCN2C(=O)C=CC2=O)C1. The summed E-state index contributed by atoms with van der Waals surface area (Å²) in [6.45, 7) is 7.24. The van der Waals surface area contributed by atoms with Gasteiger partial charge in [-0.3, -0.25) is 19.3 Å². The van der Waals surface area contributed by atoms with Crippen LogP contribution in [0.25, 0.3) is 0 Å². The number of imide groups is 1. The van der Waals surface area contributed by atoms with Gasteiger partial charge in [-0.25, -0.2) is 4.79 Å². The second kappa shape index (κ2) is 8.98. The van der Waals surface area contributed by atoms with Gasteiger partial charge < -0.3 is 19.7 Å². The smallest absolute Gasteiger partial charge is 0.410 e. The molecule has 0 saturated carbocycles. The number of hydrogen-bond donors (Lipinski definition) is 1. The first-order valence-electron chi connectivity index (χ1n) is 9.04. The Bertz CT molecular complexity index is 607. The summed E-state index contributed by atoms with van der Waals surface area (Å²) in [4.78, 5) is 49.6. The topological polar surface area (TPSA) is 105 Å². The molecule has 0 bridgehead atoms. The van der Waals surface area contributed by atoms with Gasteiger partial charge in [-0.2, -0.15) is 0 Å². The van der Waals surface area contributed by atoms with E-state index in [1.54, 1.807) is 25.7 Å². The van der Waals surface area contributed by atoms with E-state index in [1.807, 2.05) is 0 Å². The Morgan fingerprint density at radius 2 is 1.85 bits per heavy atom. The number of nitrogens with zero attached hydrogens (tertiary/aromatic N) is 2. The quantitative estimate of drug-likeness (QED) is 0.502. The van der Waals surface area contributed by atoms with Crippen LogP contribution in [0.3, 0.4) is 0 Å². The maximum absolute atomic E-state index is 12.2. The van der Waals surface area contributed by atoms with E-state index in [0.717, 1.165) is 4.90 Å². The van der Waals surface area contributed by atoms with Crippen LogP contribution in [0.2, 0.25) is 0 Å². The monoisotopic (exact) mass is 381 g/mol. The molecular formula is C18H27N3O6. The summed E-state index contributed by atoms with van der Waals surface area (Å²) in [5.41, 5.74) is -0.560. The predicted octanol–water partition coefficient (Wildman–Crippen LogP) is 0.301. The Hall–Kier alpha value is -2.42. The molecule has 9 heteroatoms. The van der Waals surface area contributed by atoms with Crippen molar-refractivity contribution >= 4 is 23.8 Å². The Kier molecular flexibility index (Phi) is 6.95. The van der Waals surface area contributed by atoms with E-state index in [-0.39, 0.29) is 43.4 Å². The maximum Gasteiger partial charge on any atom is 0.410 e. The molecule has 2 aliphatic rings. The van der Waals surface area contributed by atoms with E-state index in [4.69, 9.17) is 9.47 Å². The van der Waals surface area contributed by atoms with Gasteiger partial charge in [0.25, 0.3) is 11.8 Å². The first kappa shape index (κ1) is 20.9. The first-order valence-corrected chi connectivity index (χ1v) is 9.04. The summed E-state index contributed by atoms with van der Waals surface area (Å²) in [7, 11) is 0. The average molecular weight is 381 g/mol. The summed E-state index contributed by atoms with van der Waals surface area (Å²) in [6.07, 6.45) is 2.65. The van der Waals surface area contributed by atoms with Crippen molar-refractivity contribution in [1.82, 2.24) is 15.1 Å². The number of hydrogen-bond acceptors (Lipinski definition) is 6. The highest BCUT2D eigenvalue weighted by Gasteiger charge is 2.33. The van der Waals surface area contributed by atoms with Gasteiger partial charge in [-0.05, 0) is 27.2 Å². The van der Waals surface area contributed by atoms with Crippen LogP contribution in [0.15, 0.2) is 12.2 Å². The summed E-state index contributed by atoms with van der Waals surface area (Å²) in [5.74, 6) is -1.07. The molecule has 2 aliphatic heterocycles. The van der Waals surface area contributed by atoms with Crippen molar-refractivity contribution in [1.29, 1.82) is 0 Å². The molecule has 0 aromatic rings. The van der Waals surface area contributed by atoms with E-state index in [2.05, 4.69) is 5.32 Å². The Morgan fingerprint density at radius 3 is 2.48 bits per heavy atom. The van der Waals surface area contributed by atoms with E-state index >= 15 is 0 Å². The molecule has 2 heterocycles. The van der Waals surface area contributed by atoms with Gasteiger partial charge in [-0.15, -0.1) is 0 Å². The summed E-state index contributed by atoms with van der Waals surface area (Å²) in [6, 6.07) is 0. The van der Waals surface area contributed by atoms with Crippen molar-refractivity contribution in [2.24, 2.45) is 5.92 Å². The van der Waals surface area contributed by atoms with Crippen molar-refractivity contribution in [3.63, 3.8) is 0 Å². The van der Waals surface area contributed by atoms with Crippen LogP contribution in [-0.2, 0) is 23.9 Å². The Balaban J connectivity index is 1.58. The fraction of sp³-hybridized carbons (Fsp3) is 0.667. The van der Waals surface area contributed by atoms with Gasteiger partial charge in [0.15, 0.2) is 0 Å². The van der Waals surface area contributed by atoms with Crippen LogP contribution in [0.4, 0.5) is 4.79 Å². The maximum atomic E-state index is 12.2. The second-order valence-electron chi connectivity index (χ2n) is 7.48. The molecule has 150 valence electrons. The largest absolute Gasteiger partial charge is 0.444 e. The third-order valence-corrected chi connectivity index (χ3v) is 4.12. The molecule has 0 spiro atoms. The minimum atomic E-state index is -0.560. The van der Waals surface area contributed by atoms with E-state index < -0.39 is 11.7 Å². The highest BCUT2D eigenvalue weighted by atomic mass is 16.6. The molecule has 0 aromatic heterocycles. The third-order valence-electron chi connectivity index (χ3n) is 4.12. The Labute approximate surface area is 158 Å². The fourth-order valence-corrected chi connectivity index (χ4v) is 2.77. The molecule has 0 aliphatic carbocycles. The molecular weight excluding hydrogens is 354 g/mol. The highest BCUT2D eigenvalue weighted by molar-refractivity contribution is 6.12. The van der Waals surface area contributed by atoms with Crippen molar-refractivity contribution in [2.45, 2.75) is 32.8 Å². The lowest BCUT2D eigenvalue weighted by Gasteiger charge is -2.24. The lowest BCUT2D eigenvalue weighted by Crippen LogP contribution is -2.38. The van der Waals surface area contributed by atoms with E-state index in [9.17, 15) is 19.2 Å². The van der Waals surface area contributed by atoms with E-state index in [1.165, 1.54) is 12.2 Å². The van der Waals surface area contributed by atoms with E-state index in [0.29, 0.717) is 26.1 Å². The number of likely N-dealkylation sites (tertiary alicyclic amines) is 1. The number of rotatable bonds is 7. The number of amides is 4. The minimum absolute atomic E-state index is 0.126. The van der Waals surface area contributed by atoms with Crippen LogP contribution >= 0.6 is 0 Å². The number of carbonyl (C=O) groups is 4. The van der Waals surface area contributed by atoms with Crippen molar-refractivity contribution in [3.05, 3.63) is 12.2 Å². The van der Waals surface area contributed by atoms with Crippen LogP contribution in [-0.4, -0.2) is 78.6 Å². The fourth-order valence-electron chi connectivity index (χ4n) is 2.77. The number of nitrogens with one attached hydrogen (secondary N) is 1. The predicted molar refractivity (Wildman–Crippen MR) is 95.6 cm³/mol. The van der Waals surface area contributed by atoms with Gasteiger partial charge in [0, 0.05) is 31.8 Å². The van der Waals surface area contributed by atoms with Gasteiger partial charge in [0.05, 0.1) is 25.7 Å². The molecule has 0 aromatic carbocycles. The number of ether oxygens (including phenoxy) is 2. The van der Waals surface area contributed by atoms with Crippen LogP contribution in [0, 0.1) is 5.92 Å². The van der Waals surface area contributed by atoms with Gasteiger partial charge in [0.2, 0.25) is 5.91 Å². The summed E-state index contributed by atoms with van der Waals surface area (Å²) in [5, 5.41) is 2.78. The zero-order valence-electron chi connectivity index (χ0n) is 16.0. The lowest BCUT2D eigenvalue weighted by molar-refractivity contribution is -0.137. The van der Waals surface area contributed by atoms with Crippen molar-refractivity contribution in [3.8, 4) is 0 Å². The van der Waals surface area contributed by atoms with Gasteiger partial charge in [0.1, 0.15) is 5.60 Å². The molecule has 9 nitrogen and oxygen atoms in total. The van der Waals surface area contributed by atoms with Crippen LogP contribution < -0.4 is 5.32 Å².